The number of rotatable bonds is 5. The van der Waals surface area contributed by atoms with Gasteiger partial charge in [-0.1, -0.05) is 12.1 Å². The van der Waals surface area contributed by atoms with Crippen molar-refractivity contribution >= 4 is 0 Å². The summed E-state index contributed by atoms with van der Waals surface area (Å²) in [7, 11) is 1.66. The molecule has 0 fully saturated rings. The molecular formula is C14H23NO2. The van der Waals surface area contributed by atoms with Gasteiger partial charge < -0.3 is 15.2 Å². The third-order valence-electron chi connectivity index (χ3n) is 3.18. The number of ether oxygens (including phenoxy) is 1. The lowest BCUT2D eigenvalue weighted by atomic mass is 9.98. The van der Waals surface area contributed by atoms with E-state index in [9.17, 15) is 5.11 Å². The van der Waals surface area contributed by atoms with Crippen LogP contribution in [0.5, 0.6) is 5.75 Å². The first-order valence-corrected chi connectivity index (χ1v) is 5.97. The fraction of sp³-hybridized carbons (Fsp3) is 0.571. The van der Waals surface area contributed by atoms with Crippen LogP contribution in [0.1, 0.15) is 39.3 Å². The summed E-state index contributed by atoms with van der Waals surface area (Å²) in [5.41, 5.74) is 0.461. The second-order valence-electron chi connectivity index (χ2n) is 5.04. The van der Waals surface area contributed by atoms with E-state index in [-0.39, 0.29) is 12.1 Å². The van der Waals surface area contributed by atoms with E-state index in [1.165, 1.54) is 5.56 Å². The van der Waals surface area contributed by atoms with Gasteiger partial charge in [0.1, 0.15) is 5.75 Å². The van der Waals surface area contributed by atoms with E-state index in [1.807, 2.05) is 45.0 Å². The van der Waals surface area contributed by atoms with Gasteiger partial charge in [-0.25, -0.2) is 0 Å². The first-order valence-electron chi connectivity index (χ1n) is 5.97. The van der Waals surface area contributed by atoms with Crippen LogP contribution in [-0.2, 0) is 0 Å². The van der Waals surface area contributed by atoms with Crippen LogP contribution in [0.25, 0.3) is 0 Å². The van der Waals surface area contributed by atoms with E-state index in [1.54, 1.807) is 7.11 Å². The third kappa shape index (κ3) is 4.02. The monoisotopic (exact) mass is 237 g/mol. The molecule has 0 aromatic heterocycles. The normalized spacial score (nSPS) is 15.4. The fourth-order valence-corrected chi connectivity index (χ4v) is 1.57. The van der Waals surface area contributed by atoms with E-state index in [4.69, 9.17) is 4.74 Å². The van der Waals surface area contributed by atoms with Gasteiger partial charge in [-0.15, -0.1) is 0 Å². The highest BCUT2D eigenvalue weighted by molar-refractivity contribution is 5.28. The second-order valence-corrected chi connectivity index (χ2v) is 5.04. The molecule has 0 radical (unpaired) electrons. The summed E-state index contributed by atoms with van der Waals surface area (Å²) < 4.78 is 5.12. The standard InChI is InChI=1S/C14H23NO2/c1-10(15-11(2)14(3,4)16)12-6-8-13(17-5)9-7-12/h6-11,15-16H,1-5H3. The molecule has 2 N–H and O–H groups in total. The molecule has 0 aliphatic carbocycles. The second kappa shape index (κ2) is 5.52. The lowest BCUT2D eigenvalue weighted by Crippen LogP contribution is -2.45. The molecule has 1 aromatic rings. The lowest BCUT2D eigenvalue weighted by Gasteiger charge is -2.30. The quantitative estimate of drug-likeness (QED) is 0.826. The molecule has 2 atom stereocenters. The Labute approximate surface area is 104 Å². The van der Waals surface area contributed by atoms with Crippen LogP contribution in [0.3, 0.4) is 0 Å². The lowest BCUT2D eigenvalue weighted by molar-refractivity contribution is 0.0405. The largest absolute Gasteiger partial charge is 0.497 e. The van der Waals surface area contributed by atoms with E-state index in [0.29, 0.717) is 0 Å². The molecule has 1 aromatic carbocycles. The molecule has 0 saturated carbocycles. The van der Waals surface area contributed by atoms with Crippen LogP contribution in [0.4, 0.5) is 0 Å². The zero-order valence-corrected chi connectivity index (χ0v) is 11.3. The van der Waals surface area contributed by atoms with Crippen molar-refractivity contribution in [3.63, 3.8) is 0 Å². The Bertz CT molecular complexity index is 340. The molecule has 0 bridgehead atoms. The zero-order chi connectivity index (χ0) is 13.1. The van der Waals surface area contributed by atoms with Gasteiger partial charge in [-0.3, -0.25) is 0 Å². The van der Waals surface area contributed by atoms with Crippen LogP contribution in [0.15, 0.2) is 24.3 Å². The van der Waals surface area contributed by atoms with E-state index in [0.717, 1.165) is 5.75 Å². The predicted molar refractivity (Wildman–Crippen MR) is 70.3 cm³/mol. The van der Waals surface area contributed by atoms with Gasteiger partial charge in [0.25, 0.3) is 0 Å². The Balaban J connectivity index is 2.66. The minimum absolute atomic E-state index is 0.0274. The first kappa shape index (κ1) is 14.0. The van der Waals surface area contributed by atoms with Crippen molar-refractivity contribution in [2.45, 2.75) is 45.4 Å². The predicted octanol–water partition coefficient (Wildman–Crippen LogP) is 2.51. The highest BCUT2D eigenvalue weighted by Crippen LogP contribution is 2.19. The summed E-state index contributed by atoms with van der Waals surface area (Å²) in [5.74, 6) is 0.858. The number of nitrogens with one attached hydrogen (secondary N) is 1. The van der Waals surface area contributed by atoms with Crippen LogP contribution in [0.2, 0.25) is 0 Å². The topological polar surface area (TPSA) is 41.5 Å². The summed E-state index contributed by atoms with van der Waals surface area (Å²) in [4.78, 5) is 0. The SMILES string of the molecule is COc1ccc(C(C)NC(C)C(C)(C)O)cc1. The minimum Gasteiger partial charge on any atom is -0.497 e. The number of hydrogen-bond acceptors (Lipinski definition) is 3. The van der Waals surface area contributed by atoms with Crippen LogP contribution in [0, 0.1) is 0 Å². The molecule has 0 amide bonds. The van der Waals surface area contributed by atoms with Crippen molar-refractivity contribution < 1.29 is 9.84 Å². The van der Waals surface area contributed by atoms with Crippen LogP contribution >= 0.6 is 0 Å². The summed E-state index contributed by atoms with van der Waals surface area (Å²) in [6, 6.07) is 8.19. The van der Waals surface area contributed by atoms with Gasteiger partial charge in [0.15, 0.2) is 0 Å². The molecule has 3 heteroatoms. The number of benzene rings is 1. The first-order chi connectivity index (χ1) is 7.84. The summed E-state index contributed by atoms with van der Waals surface area (Å²) in [5, 5.41) is 13.3. The van der Waals surface area contributed by atoms with Crippen molar-refractivity contribution in [2.24, 2.45) is 0 Å². The molecule has 0 heterocycles. The van der Waals surface area contributed by atoms with Gasteiger partial charge in [-0.2, -0.15) is 0 Å². The van der Waals surface area contributed by atoms with Crippen molar-refractivity contribution in [3.05, 3.63) is 29.8 Å². The average molecular weight is 237 g/mol. The van der Waals surface area contributed by atoms with E-state index < -0.39 is 5.60 Å². The molecule has 1 rings (SSSR count). The van der Waals surface area contributed by atoms with Gasteiger partial charge in [0.2, 0.25) is 0 Å². The molecule has 2 unspecified atom stereocenters. The summed E-state index contributed by atoms with van der Waals surface area (Å²) in [6.07, 6.45) is 0. The Morgan fingerprint density at radius 1 is 1.18 bits per heavy atom. The molecule has 0 aliphatic rings. The highest BCUT2D eigenvalue weighted by atomic mass is 16.5. The molecule has 17 heavy (non-hydrogen) atoms. The Morgan fingerprint density at radius 2 is 1.71 bits per heavy atom. The summed E-state index contributed by atoms with van der Waals surface area (Å²) >= 11 is 0. The molecular weight excluding hydrogens is 214 g/mol. The maximum Gasteiger partial charge on any atom is 0.118 e. The number of methoxy groups -OCH3 is 1. The van der Waals surface area contributed by atoms with Crippen molar-refractivity contribution in [2.75, 3.05) is 7.11 Å². The Morgan fingerprint density at radius 3 is 2.12 bits per heavy atom. The maximum atomic E-state index is 9.88. The van der Waals surface area contributed by atoms with Gasteiger partial charge in [0, 0.05) is 12.1 Å². The maximum absolute atomic E-state index is 9.88. The van der Waals surface area contributed by atoms with Gasteiger partial charge in [-0.05, 0) is 45.4 Å². The third-order valence-corrected chi connectivity index (χ3v) is 3.18. The smallest absolute Gasteiger partial charge is 0.118 e. The molecule has 0 spiro atoms. The van der Waals surface area contributed by atoms with Crippen LogP contribution < -0.4 is 10.1 Å². The fourth-order valence-electron chi connectivity index (χ4n) is 1.57. The molecule has 0 aliphatic heterocycles. The van der Waals surface area contributed by atoms with Crippen molar-refractivity contribution in [1.82, 2.24) is 5.32 Å². The van der Waals surface area contributed by atoms with Crippen LogP contribution in [-0.4, -0.2) is 23.9 Å². The number of hydrogen-bond donors (Lipinski definition) is 2. The average Bonchev–Trinajstić information content (AvgIpc) is 2.27. The Kier molecular flexibility index (Phi) is 4.54. The summed E-state index contributed by atoms with van der Waals surface area (Å²) in [6.45, 7) is 7.70. The van der Waals surface area contributed by atoms with E-state index in [2.05, 4.69) is 12.2 Å². The molecule has 96 valence electrons. The highest BCUT2D eigenvalue weighted by Gasteiger charge is 2.23. The molecule has 3 nitrogen and oxygen atoms in total. The van der Waals surface area contributed by atoms with E-state index >= 15 is 0 Å². The molecule has 0 saturated heterocycles. The minimum atomic E-state index is -0.721. The van der Waals surface area contributed by atoms with Crippen molar-refractivity contribution in [3.8, 4) is 5.75 Å². The van der Waals surface area contributed by atoms with Gasteiger partial charge >= 0.3 is 0 Å². The number of aliphatic hydroxyl groups is 1. The zero-order valence-electron chi connectivity index (χ0n) is 11.3. The van der Waals surface area contributed by atoms with Gasteiger partial charge in [0.05, 0.1) is 12.7 Å². The Hall–Kier alpha value is -1.06. The van der Waals surface area contributed by atoms with Crippen molar-refractivity contribution in [1.29, 1.82) is 0 Å².